The van der Waals surface area contributed by atoms with Gasteiger partial charge in [0.15, 0.2) is 0 Å². The molecule has 0 radical (unpaired) electrons. The largest absolute Gasteiger partial charge is 0.299 e. The Kier molecular flexibility index (Phi) is 5.01. The molecule has 0 bridgehead atoms. The Morgan fingerprint density at radius 2 is 2.25 bits per heavy atom. The number of carbonyl (C=O) groups excluding carboxylic acids is 1. The van der Waals surface area contributed by atoms with Crippen LogP contribution in [0.4, 0.5) is 4.39 Å². The van der Waals surface area contributed by atoms with Crippen LogP contribution in [0.5, 0.6) is 0 Å². The number of rotatable bonds is 4. The van der Waals surface area contributed by atoms with E-state index in [9.17, 15) is 9.18 Å². The molecule has 0 amide bonds. The summed E-state index contributed by atoms with van der Waals surface area (Å²) in [6, 6.07) is 4.41. The Morgan fingerprint density at radius 1 is 1.50 bits per heavy atom. The third-order valence-corrected chi connectivity index (χ3v) is 2.50. The molecule has 0 atom stereocenters. The molecule has 3 heteroatoms. The molecule has 84 valence electrons. The van der Waals surface area contributed by atoms with Gasteiger partial charge in [0, 0.05) is 29.8 Å². The molecule has 0 saturated heterocycles. The van der Waals surface area contributed by atoms with Gasteiger partial charge in [0.25, 0.3) is 0 Å². The van der Waals surface area contributed by atoms with E-state index in [1.807, 2.05) is 0 Å². The predicted molar refractivity (Wildman–Crippen MR) is 62.8 cm³/mol. The van der Waals surface area contributed by atoms with Crippen molar-refractivity contribution in [3.8, 4) is 11.8 Å². The van der Waals surface area contributed by atoms with Gasteiger partial charge in [-0.15, -0.1) is 11.8 Å². The number of hydrogen-bond acceptors (Lipinski definition) is 1. The molecule has 0 aliphatic carbocycles. The summed E-state index contributed by atoms with van der Waals surface area (Å²) in [5, 5.41) is 0.301. The van der Waals surface area contributed by atoms with E-state index in [0.29, 0.717) is 17.9 Å². The van der Waals surface area contributed by atoms with E-state index in [0.717, 1.165) is 0 Å². The first-order chi connectivity index (χ1) is 7.65. The molecule has 0 heterocycles. The lowest BCUT2D eigenvalue weighted by Crippen LogP contribution is -2.04. The van der Waals surface area contributed by atoms with Gasteiger partial charge >= 0.3 is 0 Å². The molecule has 0 fully saturated rings. The van der Waals surface area contributed by atoms with Crippen LogP contribution in [0.2, 0.25) is 5.02 Å². The molecule has 1 aromatic carbocycles. The van der Waals surface area contributed by atoms with Gasteiger partial charge in [-0.3, -0.25) is 4.79 Å². The van der Waals surface area contributed by atoms with E-state index in [1.54, 1.807) is 13.0 Å². The lowest BCUT2D eigenvalue weighted by molar-refractivity contribution is -0.118. The average molecular weight is 239 g/mol. The smallest absolute Gasteiger partial charge is 0.138 e. The van der Waals surface area contributed by atoms with E-state index in [2.05, 4.69) is 11.8 Å². The molecule has 0 spiro atoms. The van der Waals surface area contributed by atoms with Crippen molar-refractivity contribution in [2.45, 2.75) is 26.2 Å². The summed E-state index contributed by atoms with van der Waals surface area (Å²) in [5.74, 6) is 5.03. The monoisotopic (exact) mass is 238 g/mol. The Balaban J connectivity index is 2.65. The van der Waals surface area contributed by atoms with Gasteiger partial charge in [-0.2, -0.15) is 0 Å². The van der Waals surface area contributed by atoms with E-state index >= 15 is 0 Å². The van der Waals surface area contributed by atoms with Crippen LogP contribution in [0, 0.1) is 17.7 Å². The standard InChI is InChI=1S/C13H12ClFO/c1-2-3-4-6-10(16)9-11-12(14)7-5-8-13(11)15/h5,7-8H,4,6,9H2,1H3. The van der Waals surface area contributed by atoms with Crippen molar-refractivity contribution in [2.75, 3.05) is 0 Å². The average Bonchev–Trinajstić information content (AvgIpc) is 2.24. The molecule has 0 saturated carbocycles. The molecular weight excluding hydrogens is 227 g/mol. The second kappa shape index (κ2) is 6.30. The van der Waals surface area contributed by atoms with Crippen molar-refractivity contribution in [3.63, 3.8) is 0 Å². The van der Waals surface area contributed by atoms with Gasteiger partial charge in [0.2, 0.25) is 0 Å². The minimum atomic E-state index is -0.428. The number of halogens is 2. The number of hydrogen-bond donors (Lipinski definition) is 0. The first kappa shape index (κ1) is 12.7. The summed E-state index contributed by atoms with van der Waals surface area (Å²) in [6.07, 6.45) is 0.893. The third kappa shape index (κ3) is 3.67. The minimum Gasteiger partial charge on any atom is -0.299 e. The number of ketones is 1. The number of carbonyl (C=O) groups is 1. The van der Waals surface area contributed by atoms with Crippen LogP contribution < -0.4 is 0 Å². The second-order valence-corrected chi connectivity index (χ2v) is 3.75. The molecule has 0 aliphatic rings. The number of Topliss-reactive ketones (excluding diaryl/α,β-unsaturated/α-hetero) is 1. The summed E-state index contributed by atoms with van der Waals surface area (Å²) in [5.41, 5.74) is 0.277. The first-order valence-electron chi connectivity index (χ1n) is 4.99. The highest BCUT2D eigenvalue weighted by molar-refractivity contribution is 6.31. The van der Waals surface area contributed by atoms with Crippen molar-refractivity contribution in [3.05, 3.63) is 34.6 Å². The van der Waals surface area contributed by atoms with E-state index in [4.69, 9.17) is 11.6 Å². The maximum Gasteiger partial charge on any atom is 0.138 e. The van der Waals surface area contributed by atoms with Crippen molar-refractivity contribution >= 4 is 17.4 Å². The quantitative estimate of drug-likeness (QED) is 0.735. The Morgan fingerprint density at radius 3 is 2.88 bits per heavy atom. The highest BCUT2D eigenvalue weighted by Crippen LogP contribution is 2.20. The zero-order chi connectivity index (χ0) is 12.0. The lowest BCUT2D eigenvalue weighted by atomic mass is 10.1. The molecular formula is C13H12ClFO. The van der Waals surface area contributed by atoms with Crippen molar-refractivity contribution in [1.29, 1.82) is 0 Å². The highest BCUT2D eigenvalue weighted by atomic mass is 35.5. The van der Waals surface area contributed by atoms with E-state index in [1.165, 1.54) is 12.1 Å². The summed E-state index contributed by atoms with van der Waals surface area (Å²) in [4.78, 5) is 11.5. The van der Waals surface area contributed by atoms with E-state index < -0.39 is 5.82 Å². The Bertz CT molecular complexity index is 423. The van der Waals surface area contributed by atoms with Crippen LogP contribution in [0.1, 0.15) is 25.3 Å². The normalized spacial score (nSPS) is 9.44. The Hall–Kier alpha value is -1.33. The fourth-order valence-corrected chi connectivity index (χ4v) is 1.54. The van der Waals surface area contributed by atoms with Crippen LogP contribution in [0.15, 0.2) is 18.2 Å². The van der Waals surface area contributed by atoms with Gasteiger partial charge < -0.3 is 0 Å². The van der Waals surface area contributed by atoms with Crippen LogP contribution in [0.3, 0.4) is 0 Å². The van der Waals surface area contributed by atoms with Crippen molar-refractivity contribution in [2.24, 2.45) is 0 Å². The molecule has 0 N–H and O–H groups in total. The minimum absolute atomic E-state index is 0.0386. The van der Waals surface area contributed by atoms with Crippen molar-refractivity contribution in [1.82, 2.24) is 0 Å². The van der Waals surface area contributed by atoms with Gasteiger partial charge in [0.1, 0.15) is 11.6 Å². The zero-order valence-corrected chi connectivity index (χ0v) is 9.77. The van der Waals surface area contributed by atoms with Crippen LogP contribution in [-0.4, -0.2) is 5.78 Å². The van der Waals surface area contributed by atoms with Crippen LogP contribution in [-0.2, 0) is 11.2 Å². The summed E-state index contributed by atoms with van der Waals surface area (Å²) >= 11 is 5.81. The Labute approximate surface area is 99.6 Å². The summed E-state index contributed by atoms with van der Waals surface area (Å²) < 4.78 is 13.3. The highest BCUT2D eigenvalue weighted by Gasteiger charge is 2.11. The molecule has 0 unspecified atom stereocenters. The maximum atomic E-state index is 13.3. The number of benzene rings is 1. The lowest BCUT2D eigenvalue weighted by Gasteiger charge is -2.03. The fraction of sp³-hybridized carbons (Fsp3) is 0.308. The second-order valence-electron chi connectivity index (χ2n) is 3.34. The van der Waals surface area contributed by atoms with E-state index in [-0.39, 0.29) is 17.8 Å². The third-order valence-electron chi connectivity index (χ3n) is 2.14. The summed E-state index contributed by atoms with van der Waals surface area (Å²) in [6.45, 7) is 1.72. The molecule has 0 aliphatic heterocycles. The molecule has 1 nitrogen and oxygen atoms in total. The predicted octanol–water partition coefficient (Wildman–Crippen LogP) is 3.39. The molecule has 0 aromatic heterocycles. The summed E-state index contributed by atoms with van der Waals surface area (Å²) in [7, 11) is 0. The van der Waals surface area contributed by atoms with Gasteiger partial charge in [-0.05, 0) is 19.1 Å². The topological polar surface area (TPSA) is 17.1 Å². The fourth-order valence-electron chi connectivity index (χ4n) is 1.31. The van der Waals surface area contributed by atoms with Crippen LogP contribution >= 0.6 is 11.6 Å². The first-order valence-corrected chi connectivity index (χ1v) is 5.37. The van der Waals surface area contributed by atoms with Crippen molar-refractivity contribution < 1.29 is 9.18 Å². The molecule has 16 heavy (non-hydrogen) atoms. The maximum absolute atomic E-state index is 13.3. The van der Waals surface area contributed by atoms with Gasteiger partial charge in [-0.1, -0.05) is 17.7 Å². The molecule has 1 rings (SSSR count). The SMILES string of the molecule is CC#CCCC(=O)Cc1c(F)cccc1Cl. The van der Waals surface area contributed by atoms with Crippen LogP contribution in [0.25, 0.3) is 0 Å². The van der Waals surface area contributed by atoms with Gasteiger partial charge in [-0.25, -0.2) is 4.39 Å². The van der Waals surface area contributed by atoms with Gasteiger partial charge in [0.05, 0.1) is 0 Å². The zero-order valence-electron chi connectivity index (χ0n) is 9.02. The molecule has 1 aromatic rings.